The average molecular weight is 281 g/mol. The van der Waals surface area contributed by atoms with Crippen molar-refractivity contribution >= 4 is 17.4 Å². The molecule has 1 aliphatic carbocycles. The molecule has 0 N–H and O–H groups in total. The minimum atomic E-state index is 0.169. The van der Waals surface area contributed by atoms with Crippen LogP contribution in [0.15, 0.2) is 18.2 Å². The Morgan fingerprint density at radius 2 is 1.84 bits per heavy atom. The van der Waals surface area contributed by atoms with Crippen molar-refractivity contribution in [2.45, 2.75) is 65.2 Å². The molecule has 1 aromatic rings. The van der Waals surface area contributed by atoms with Crippen molar-refractivity contribution < 1.29 is 4.79 Å². The van der Waals surface area contributed by atoms with Gasteiger partial charge in [0.1, 0.15) is 0 Å². The molecule has 0 bridgehead atoms. The van der Waals surface area contributed by atoms with Gasteiger partial charge in [0.15, 0.2) is 5.78 Å². The summed E-state index contributed by atoms with van der Waals surface area (Å²) in [7, 11) is 0. The normalized spacial score (nSPS) is 15.6. The molecule has 0 spiro atoms. The summed E-state index contributed by atoms with van der Waals surface area (Å²) in [4.78, 5) is 11.6. The molecule has 2 rings (SSSR count). The highest BCUT2D eigenvalue weighted by atomic mass is 35.5. The molecule has 2 heteroatoms. The predicted octanol–water partition coefficient (Wildman–Crippen LogP) is 6.01. The van der Waals surface area contributed by atoms with E-state index in [0.717, 1.165) is 10.6 Å². The maximum absolute atomic E-state index is 11.6. The lowest BCUT2D eigenvalue weighted by Crippen LogP contribution is -2.06. The quantitative estimate of drug-likeness (QED) is 0.620. The third kappa shape index (κ3) is 4.35. The molecule has 0 amide bonds. The molecule has 106 valence electrons. The molecule has 1 nitrogen and oxygen atoms in total. The fraction of sp³-hybridized carbons (Fsp3) is 0.588. The molecule has 0 radical (unpaired) electrons. The number of rotatable bonds is 3. The number of Topliss-reactive ketones (excluding diaryl/α,β-unsaturated/α-hetero) is 1. The van der Waals surface area contributed by atoms with Gasteiger partial charge < -0.3 is 0 Å². The van der Waals surface area contributed by atoms with E-state index in [1.54, 1.807) is 0 Å². The first-order valence-corrected chi connectivity index (χ1v) is 7.92. The Hall–Kier alpha value is -0.820. The van der Waals surface area contributed by atoms with Crippen LogP contribution in [-0.2, 0) is 0 Å². The molecule has 1 aromatic carbocycles. The van der Waals surface area contributed by atoms with Gasteiger partial charge in [-0.1, -0.05) is 63.8 Å². The van der Waals surface area contributed by atoms with Crippen LogP contribution in [-0.4, -0.2) is 5.78 Å². The summed E-state index contributed by atoms with van der Waals surface area (Å²) in [6.07, 6.45) is 6.97. The minimum Gasteiger partial charge on any atom is -0.294 e. The van der Waals surface area contributed by atoms with Gasteiger partial charge in [-0.25, -0.2) is 0 Å². The smallest absolute Gasteiger partial charge is 0.162 e. The van der Waals surface area contributed by atoms with E-state index in [-0.39, 0.29) is 5.78 Å². The molecule has 0 heterocycles. The summed E-state index contributed by atoms with van der Waals surface area (Å²) < 4.78 is 0. The van der Waals surface area contributed by atoms with Gasteiger partial charge in [0.05, 0.1) is 0 Å². The molecule has 0 saturated heterocycles. The third-order valence-corrected chi connectivity index (χ3v) is 4.02. The van der Waals surface area contributed by atoms with Crippen LogP contribution in [0.1, 0.15) is 81.1 Å². The Morgan fingerprint density at radius 3 is 2.37 bits per heavy atom. The van der Waals surface area contributed by atoms with E-state index in [4.69, 9.17) is 11.6 Å². The standard InChI is InChI=1S/C15H19ClO.C2H6/c1-2-15(17)12-8-9-13(14(16)10-12)11-6-4-3-5-7-11;1-2/h8-11H,2-7H2,1H3;1-2H3. The second-order valence-electron chi connectivity index (χ2n) is 4.85. The second kappa shape index (κ2) is 8.37. The van der Waals surface area contributed by atoms with Crippen LogP contribution in [0.4, 0.5) is 0 Å². The predicted molar refractivity (Wildman–Crippen MR) is 83.2 cm³/mol. The van der Waals surface area contributed by atoms with Crippen LogP contribution in [0.5, 0.6) is 0 Å². The Labute approximate surface area is 122 Å². The summed E-state index contributed by atoms with van der Waals surface area (Å²) in [6.45, 7) is 5.88. The molecule has 19 heavy (non-hydrogen) atoms. The lowest BCUT2D eigenvalue weighted by atomic mass is 9.83. The third-order valence-electron chi connectivity index (χ3n) is 3.69. The highest BCUT2D eigenvalue weighted by Gasteiger charge is 2.18. The summed E-state index contributed by atoms with van der Waals surface area (Å²) in [5.74, 6) is 0.768. The number of hydrogen-bond donors (Lipinski definition) is 0. The van der Waals surface area contributed by atoms with E-state index in [2.05, 4.69) is 6.07 Å². The maximum Gasteiger partial charge on any atom is 0.162 e. The van der Waals surface area contributed by atoms with Gasteiger partial charge in [0.2, 0.25) is 0 Å². The molecule has 1 fully saturated rings. The molecular weight excluding hydrogens is 256 g/mol. The van der Waals surface area contributed by atoms with Crippen LogP contribution < -0.4 is 0 Å². The Kier molecular flexibility index (Phi) is 7.15. The van der Waals surface area contributed by atoms with Gasteiger partial charge in [-0.15, -0.1) is 0 Å². The zero-order valence-electron chi connectivity index (χ0n) is 12.3. The fourth-order valence-corrected chi connectivity index (χ4v) is 2.98. The van der Waals surface area contributed by atoms with E-state index < -0.39 is 0 Å². The van der Waals surface area contributed by atoms with Crippen LogP contribution >= 0.6 is 11.6 Å². The van der Waals surface area contributed by atoms with E-state index in [0.29, 0.717) is 12.3 Å². The maximum atomic E-state index is 11.6. The topological polar surface area (TPSA) is 17.1 Å². The van der Waals surface area contributed by atoms with E-state index in [9.17, 15) is 4.79 Å². The highest BCUT2D eigenvalue weighted by molar-refractivity contribution is 6.31. The van der Waals surface area contributed by atoms with Crippen molar-refractivity contribution in [3.8, 4) is 0 Å². The van der Waals surface area contributed by atoms with Crippen molar-refractivity contribution in [2.24, 2.45) is 0 Å². The number of benzene rings is 1. The van der Waals surface area contributed by atoms with Crippen molar-refractivity contribution in [1.29, 1.82) is 0 Å². The van der Waals surface area contributed by atoms with Crippen LogP contribution in [0, 0.1) is 0 Å². The van der Waals surface area contributed by atoms with Gasteiger partial charge in [0.25, 0.3) is 0 Å². The van der Waals surface area contributed by atoms with Crippen LogP contribution in [0.25, 0.3) is 0 Å². The summed E-state index contributed by atoms with van der Waals surface area (Å²) in [5.41, 5.74) is 1.98. The van der Waals surface area contributed by atoms with Crippen molar-refractivity contribution in [2.75, 3.05) is 0 Å². The van der Waals surface area contributed by atoms with Crippen molar-refractivity contribution in [3.63, 3.8) is 0 Å². The van der Waals surface area contributed by atoms with Gasteiger partial charge in [-0.05, 0) is 30.4 Å². The minimum absolute atomic E-state index is 0.169. The lowest BCUT2D eigenvalue weighted by molar-refractivity contribution is 0.0988. The van der Waals surface area contributed by atoms with E-state index >= 15 is 0 Å². The molecule has 0 aliphatic heterocycles. The van der Waals surface area contributed by atoms with Crippen molar-refractivity contribution in [1.82, 2.24) is 0 Å². The fourth-order valence-electron chi connectivity index (χ4n) is 2.65. The average Bonchev–Trinajstić information content (AvgIpc) is 2.49. The zero-order chi connectivity index (χ0) is 14.3. The monoisotopic (exact) mass is 280 g/mol. The number of halogens is 1. The molecule has 1 aliphatic rings. The lowest BCUT2D eigenvalue weighted by Gasteiger charge is -2.23. The molecule has 0 aromatic heterocycles. The first kappa shape index (κ1) is 16.2. The van der Waals surface area contributed by atoms with Gasteiger partial charge in [0, 0.05) is 17.0 Å². The second-order valence-corrected chi connectivity index (χ2v) is 5.26. The van der Waals surface area contributed by atoms with Crippen molar-refractivity contribution in [3.05, 3.63) is 34.3 Å². The highest BCUT2D eigenvalue weighted by Crippen LogP contribution is 2.36. The number of hydrogen-bond acceptors (Lipinski definition) is 1. The summed E-state index contributed by atoms with van der Waals surface area (Å²) in [6, 6.07) is 5.83. The van der Waals surface area contributed by atoms with E-state index in [1.165, 1.54) is 37.7 Å². The van der Waals surface area contributed by atoms with E-state index in [1.807, 2.05) is 32.9 Å². The summed E-state index contributed by atoms with van der Waals surface area (Å²) >= 11 is 6.31. The molecular formula is C17H25ClO. The SMILES string of the molecule is CC.CCC(=O)c1ccc(C2CCCCC2)c(Cl)c1. The first-order valence-electron chi connectivity index (χ1n) is 7.55. The zero-order valence-corrected chi connectivity index (χ0v) is 13.1. The number of ketones is 1. The summed E-state index contributed by atoms with van der Waals surface area (Å²) in [5, 5.41) is 0.774. The van der Waals surface area contributed by atoms with Gasteiger partial charge in [-0.3, -0.25) is 4.79 Å². The number of carbonyl (C=O) groups is 1. The molecule has 1 saturated carbocycles. The van der Waals surface area contributed by atoms with Crippen LogP contribution in [0.2, 0.25) is 5.02 Å². The van der Waals surface area contributed by atoms with Gasteiger partial charge in [-0.2, -0.15) is 0 Å². The molecule has 0 atom stereocenters. The Bertz CT molecular complexity index is 406. The van der Waals surface area contributed by atoms with Crippen LogP contribution in [0.3, 0.4) is 0 Å². The molecule has 0 unspecified atom stereocenters. The van der Waals surface area contributed by atoms with Gasteiger partial charge >= 0.3 is 0 Å². The first-order chi connectivity index (χ1) is 9.22. The Morgan fingerprint density at radius 1 is 1.21 bits per heavy atom. The Balaban J connectivity index is 0.000000861. The number of carbonyl (C=O) groups excluding carboxylic acids is 1. The largest absolute Gasteiger partial charge is 0.294 e.